The fourth-order valence-electron chi connectivity index (χ4n) is 1.23. The van der Waals surface area contributed by atoms with Crippen LogP contribution in [0, 0.1) is 0 Å². The molecular weight excluding hydrogens is 216 g/mol. The van der Waals surface area contributed by atoms with Gasteiger partial charge in [-0.25, -0.2) is 0 Å². The molecule has 0 fully saturated rings. The predicted octanol–water partition coefficient (Wildman–Crippen LogP) is -1.05. The second-order valence-corrected chi connectivity index (χ2v) is 3.15. The van der Waals surface area contributed by atoms with Gasteiger partial charge in [0.2, 0.25) is 5.91 Å². The molecule has 0 heterocycles. The van der Waals surface area contributed by atoms with Gasteiger partial charge in [-0.15, -0.1) is 0 Å². The van der Waals surface area contributed by atoms with E-state index in [1.54, 1.807) is 6.92 Å². The number of carbonyl (C=O) groups is 2. The minimum atomic E-state index is -1.08. The van der Waals surface area contributed by atoms with Crippen molar-refractivity contribution in [2.75, 3.05) is 19.8 Å². The highest BCUT2D eigenvalue weighted by atomic mass is 16.7. The highest BCUT2D eigenvalue weighted by Crippen LogP contribution is 2.08. The summed E-state index contributed by atoms with van der Waals surface area (Å²) in [7, 11) is 0. The van der Waals surface area contributed by atoms with Crippen LogP contribution in [0.5, 0.6) is 0 Å². The Morgan fingerprint density at radius 3 is 2.50 bits per heavy atom. The molecule has 16 heavy (non-hydrogen) atoms. The first kappa shape index (κ1) is 14.8. The van der Waals surface area contributed by atoms with Crippen LogP contribution in [-0.4, -0.2) is 53.0 Å². The fourth-order valence-corrected chi connectivity index (χ4v) is 1.23. The summed E-state index contributed by atoms with van der Waals surface area (Å²) in [4.78, 5) is 26.6. The zero-order valence-corrected chi connectivity index (χ0v) is 9.26. The molecule has 0 unspecified atom stereocenters. The van der Waals surface area contributed by atoms with Gasteiger partial charge in [-0.1, -0.05) is 6.92 Å². The van der Waals surface area contributed by atoms with Crippen LogP contribution in [0.4, 0.5) is 0 Å². The van der Waals surface area contributed by atoms with Crippen LogP contribution in [0.15, 0.2) is 0 Å². The zero-order chi connectivity index (χ0) is 12.6. The second kappa shape index (κ2) is 8.03. The first-order valence-corrected chi connectivity index (χ1v) is 5.04. The Kier molecular flexibility index (Phi) is 7.44. The average molecular weight is 234 g/mol. The third-order valence-corrected chi connectivity index (χ3v) is 1.96. The molecule has 0 aliphatic heterocycles. The van der Waals surface area contributed by atoms with Crippen LogP contribution in [-0.2, 0) is 14.4 Å². The van der Waals surface area contributed by atoms with Gasteiger partial charge in [-0.05, 0) is 6.42 Å². The number of carboxylic acid groups (broad SMARTS) is 1. The number of carboxylic acids is 1. The van der Waals surface area contributed by atoms with E-state index >= 15 is 0 Å². The summed E-state index contributed by atoms with van der Waals surface area (Å²) in [6.07, 6.45) is 0.0693. The largest absolute Gasteiger partial charge is 0.480 e. The Hall–Kier alpha value is -1.18. The van der Waals surface area contributed by atoms with Crippen molar-refractivity contribution in [3.05, 3.63) is 0 Å². The van der Waals surface area contributed by atoms with Gasteiger partial charge >= 0.3 is 5.97 Å². The molecule has 7 nitrogen and oxygen atoms in total. The van der Waals surface area contributed by atoms with E-state index in [2.05, 4.69) is 0 Å². The number of nitrogens with zero attached hydrogens (tertiary/aromatic N) is 1. The van der Waals surface area contributed by atoms with Crippen molar-refractivity contribution >= 4 is 11.9 Å². The van der Waals surface area contributed by atoms with Crippen LogP contribution in [0.1, 0.15) is 19.8 Å². The van der Waals surface area contributed by atoms with E-state index in [-0.39, 0.29) is 26.1 Å². The number of likely N-dealkylation sites (N-methyl/N-ethyl adjacent to an activating group) is 1. The molecule has 0 saturated heterocycles. The van der Waals surface area contributed by atoms with Gasteiger partial charge in [0, 0.05) is 13.0 Å². The SMILES string of the molecule is CCN(OCCO)[C@@H](CCC(N)=O)C(=O)O. The van der Waals surface area contributed by atoms with Crippen molar-refractivity contribution in [3.63, 3.8) is 0 Å². The molecule has 0 radical (unpaired) electrons. The highest BCUT2D eigenvalue weighted by molar-refractivity contribution is 5.77. The lowest BCUT2D eigenvalue weighted by molar-refractivity contribution is -0.202. The molecule has 7 heteroatoms. The zero-order valence-electron chi connectivity index (χ0n) is 9.26. The van der Waals surface area contributed by atoms with Crippen molar-refractivity contribution in [2.45, 2.75) is 25.8 Å². The van der Waals surface area contributed by atoms with E-state index in [1.165, 1.54) is 5.06 Å². The van der Waals surface area contributed by atoms with Crippen LogP contribution < -0.4 is 5.73 Å². The number of aliphatic hydroxyl groups is 1. The highest BCUT2D eigenvalue weighted by Gasteiger charge is 2.25. The van der Waals surface area contributed by atoms with Crippen molar-refractivity contribution in [1.29, 1.82) is 0 Å². The molecule has 0 spiro atoms. The summed E-state index contributed by atoms with van der Waals surface area (Å²) >= 11 is 0. The minimum Gasteiger partial charge on any atom is -0.480 e. The van der Waals surface area contributed by atoms with Gasteiger partial charge in [0.15, 0.2) is 0 Å². The maximum absolute atomic E-state index is 10.9. The topological polar surface area (TPSA) is 113 Å². The predicted molar refractivity (Wildman–Crippen MR) is 55.3 cm³/mol. The Morgan fingerprint density at radius 2 is 2.12 bits per heavy atom. The summed E-state index contributed by atoms with van der Waals surface area (Å²) in [6, 6.07) is -0.927. The van der Waals surface area contributed by atoms with Gasteiger partial charge in [-0.2, -0.15) is 5.06 Å². The number of aliphatic carboxylic acids is 1. The number of primary amides is 1. The maximum Gasteiger partial charge on any atom is 0.323 e. The van der Waals surface area contributed by atoms with Crippen LogP contribution >= 0.6 is 0 Å². The standard InChI is InChI=1S/C9H18N2O5/c1-2-11(16-6-5-12)7(9(14)15)3-4-8(10)13/h7,12H,2-6H2,1H3,(H2,10,13)(H,14,15)/t7-/m0/s1. The van der Waals surface area contributed by atoms with E-state index in [0.717, 1.165) is 0 Å². The van der Waals surface area contributed by atoms with Crippen LogP contribution in [0.25, 0.3) is 0 Å². The normalized spacial score (nSPS) is 12.7. The molecule has 0 rings (SSSR count). The molecule has 0 saturated carbocycles. The lowest BCUT2D eigenvalue weighted by atomic mass is 10.1. The number of hydrogen-bond acceptors (Lipinski definition) is 5. The van der Waals surface area contributed by atoms with Gasteiger partial charge in [0.05, 0.1) is 13.2 Å². The molecular formula is C9H18N2O5. The Bertz CT molecular complexity index is 234. The van der Waals surface area contributed by atoms with E-state index in [0.29, 0.717) is 6.54 Å². The van der Waals surface area contributed by atoms with E-state index in [4.69, 9.17) is 20.8 Å². The number of carbonyl (C=O) groups excluding carboxylic acids is 1. The van der Waals surface area contributed by atoms with E-state index < -0.39 is 17.9 Å². The summed E-state index contributed by atoms with van der Waals surface area (Å²) in [6.45, 7) is 1.89. The number of aliphatic hydroxyl groups excluding tert-OH is 1. The van der Waals surface area contributed by atoms with Gasteiger partial charge < -0.3 is 15.9 Å². The van der Waals surface area contributed by atoms with Crippen molar-refractivity contribution in [1.82, 2.24) is 5.06 Å². The molecule has 4 N–H and O–H groups in total. The number of rotatable bonds is 9. The van der Waals surface area contributed by atoms with Crippen molar-refractivity contribution in [2.24, 2.45) is 5.73 Å². The lowest BCUT2D eigenvalue weighted by Gasteiger charge is -2.26. The van der Waals surface area contributed by atoms with Crippen molar-refractivity contribution in [3.8, 4) is 0 Å². The monoisotopic (exact) mass is 234 g/mol. The molecule has 0 aromatic rings. The molecule has 94 valence electrons. The van der Waals surface area contributed by atoms with Crippen LogP contribution in [0.2, 0.25) is 0 Å². The third-order valence-electron chi connectivity index (χ3n) is 1.96. The second-order valence-electron chi connectivity index (χ2n) is 3.15. The first-order chi connectivity index (χ1) is 7.52. The number of hydroxylamine groups is 2. The van der Waals surface area contributed by atoms with E-state index in [1.807, 2.05) is 0 Å². The molecule has 0 aromatic heterocycles. The van der Waals surface area contributed by atoms with E-state index in [9.17, 15) is 9.59 Å². The number of amides is 1. The summed E-state index contributed by atoms with van der Waals surface area (Å²) in [5.41, 5.74) is 4.95. The summed E-state index contributed by atoms with van der Waals surface area (Å²) in [5, 5.41) is 18.8. The molecule has 1 atom stereocenters. The number of nitrogens with two attached hydrogens (primary N) is 1. The first-order valence-electron chi connectivity index (χ1n) is 5.04. The fraction of sp³-hybridized carbons (Fsp3) is 0.778. The Balaban J connectivity index is 4.34. The molecule has 0 aliphatic rings. The molecule has 0 bridgehead atoms. The number of hydrogen-bond donors (Lipinski definition) is 3. The van der Waals surface area contributed by atoms with Gasteiger partial charge in [0.25, 0.3) is 0 Å². The summed E-state index contributed by atoms with van der Waals surface area (Å²) < 4.78 is 0. The lowest BCUT2D eigenvalue weighted by Crippen LogP contribution is -2.42. The minimum absolute atomic E-state index is 0.0179. The van der Waals surface area contributed by atoms with Gasteiger partial charge in [-0.3, -0.25) is 14.4 Å². The Morgan fingerprint density at radius 1 is 1.50 bits per heavy atom. The van der Waals surface area contributed by atoms with Crippen LogP contribution in [0.3, 0.4) is 0 Å². The van der Waals surface area contributed by atoms with Gasteiger partial charge in [0.1, 0.15) is 6.04 Å². The quantitative estimate of drug-likeness (QED) is 0.439. The van der Waals surface area contributed by atoms with Crippen molar-refractivity contribution < 1.29 is 24.6 Å². The smallest absolute Gasteiger partial charge is 0.323 e. The molecule has 0 aliphatic carbocycles. The maximum atomic E-state index is 10.9. The third kappa shape index (κ3) is 5.64. The molecule has 1 amide bonds. The Labute approximate surface area is 93.7 Å². The average Bonchev–Trinajstić information content (AvgIpc) is 2.21. The molecule has 0 aromatic carbocycles. The summed E-state index contributed by atoms with van der Waals surface area (Å²) in [5.74, 6) is -1.63.